The molecule has 1 saturated heterocycles. The average molecular weight is 362 g/mol. The molecule has 1 fully saturated rings. The predicted molar refractivity (Wildman–Crippen MR) is 101 cm³/mol. The monoisotopic (exact) mass is 362 g/mol. The Morgan fingerprint density at radius 1 is 1.19 bits per heavy atom. The fourth-order valence-corrected chi connectivity index (χ4v) is 3.73. The Labute approximate surface area is 155 Å². The second kappa shape index (κ2) is 9.03. The fraction of sp³-hybridized carbons (Fsp3) is 0.600. The number of likely N-dealkylation sites (tertiary alicyclic amines) is 1. The van der Waals surface area contributed by atoms with Crippen molar-refractivity contribution in [3.8, 4) is 5.75 Å². The molecule has 1 amide bonds. The van der Waals surface area contributed by atoms with Crippen molar-refractivity contribution in [2.45, 2.75) is 46.1 Å². The topological polar surface area (TPSA) is 70.1 Å². The van der Waals surface area contributed by atoms with E-state index in [2.05, 4.69) is 12.1 Å². The molecule has 0 spiro atoms. The predicted octanol–water partition coefficient (Wildman–Crippen LogP) is 2.39. The second-order valence-electron chi connectivity index (χ2n) is 7.29. The van der Waals surface area contributed by atoms with Gasteiger partial charge in [0.05, 0.1) is 6.54 Å². The van der Waals surface area contributed by atoms with Gasteiger partial charge in [-0.2, -0.15) is 0 Å². The number of carbonyl (C=O) groups excluding carboxylic acids is 1. The molecule has 1 aromatic rings. The first kappa shape index (κ1) is 20.2. The number of likely N-dealkylation sites (N-methyl/N-ethyl adjacent to an activating group) is 1. The van der Waals surface area contributed by atoms with Crippen LogP contribution in [-0.4, -0.2) is 66.1 Å². The van der Waals surface area contributed by atoms with Crippen LogP contribution in [0.3, 0.4) is 0 Å². The van der Waals surface area contributed by atoms with Crippen molar-refractivity contribution in [3.63, 3.8) is 0 Å². The van der Waals surface area contributed by atoms with Gasteiger partial charge in [0.15, 0.2) is 6.61 Å². The summed E-state index contributed by atoms with van der Waals surface area (Å²) in [5, 5.41) is 8.94. The number of hydrogen-bond acceptors (Lipinski definition) is 4. The number of rotatable bonds is 6. The van der Waals surface area contributed by atoms with Crippen molar-refractivity contribution in [1.29, 1.82) is 0 Å². The quantitative estimate of drug-likeness (QED) is 0.841. The molecule has 0 radical (unpaired) electrons. The van der Waals surface area contributed by atoms with Crippen LogP contribution < -0.4 is 4.74 Å². The highest BCUT2D eigenvalue weighted by Gasteiger charge is 2.24. The summed E-state index contributed by atoms with van der Waals surface area (Å²) >= 11 is 0. The maximum atomic E-state index is 12.6. The number of carbonyl (C=O) groups is 2. The van der Waals surface area contributed by atoms with Crippen LogP contribution in [0.1, 0.15) is 36.0 Å². The Morgan fingerprint density at radius 3 is 2.46 bits per heavy atom. The summed E-state index contributed by atoms with van der Waals surface area (Å²) in [6.45, 7) is 7.45. The molecule has 1 aliphatic heterocycles. The molecule has 0 saturated carbocycles. The summed E-state index contributed by atoms with van der Waals surface area (Å²) in [6.07, 6.45) is 2.58. The largest absolute Gasteiger partial charge is 0.483 e. The number of carboxylic acid groups (broad SMARTS) is 1. The molecule has 0 aliphatic carbocycles. The first-order chi connectivity index (χ1) is 12.3. The first-order valence-electron chi connectivity index (χ1n) is 9.18. The van der Waals surface area contributed by atoms with Crippen LogP contribution in [0.2, 0.25) is 0 Å². The Kier molecular flexibility index (Phi) is 7.03. The lowest BCUT2D eigenvalue weighted by Gasteiger charge is -2.25. The van der Waals surface area contributed by atoms with Crippen LogP contribution >= 0.6 is 0 Å². The van der Waals surface area contributed by atoms with E-state index in [1.807, 2.05) is 37.6 Å². The number of hydrogen-bond donors (Lipinski definition) is 1. The first-order valence-corrected chi connectivity index (χ1v) is 9.18. The minimum absolute atomic E-state index is 0.00841. The van der Waals surface area contributed by atoms with Crippen LogP contribution in [0.25, 0.3) is 0 Å². The zero-order valence-electron chi connectivity index (χ0n) is 16.2. The summed E-state index contributed by atoms with van der Waals surface area (Å²) < 4.78 is 5.83. The van der Waals surface area contributed by atoms with Crippen molar-refractivity contribution in [2.24, 2.45) is 0 Å². The number of carboxylic acids is 1. The van der Waals surface area contributed by atoms with Gasteiger partial charge in [0, 0.05) is 19.1 Å². The number of aliphatic carboxylic acids is 1. The molecule has 2 rings (SSSR count). The van der Waals surface area contributed by atoms with Gasteiger partial charge >= 0.3 is 5.97 Å². The second-order valence-corrected chi connectivity index (χ2v) is 7.29. The molecule has 1 heterocycles. The summed E-state index contributed by atoms with van der Waals surface area (Å²) in [5.74, 6) is -0.0364. The lowest BCUT2D eigenvalue weighted by Crippen LogP contribution is -2.38. The van der Waals surface area contributed by atoms with E-state index >= 15 is 0 Å². The smallest absolute Gasteiger partial charge is 0.317 e. The van der Waals surface area contributed by atoms with Crippen LogP contribution in [-0.2, 0) is 9.59 Å². The molecule has 1 atom stereocenters. The third kappa shape index (κ3) is 5.46. The molecule has 0 aromatic heterocycles. The molecule has 1 unspecified atom stereocenters. The average Bonchev–Trinajstić information content (AvgIpc) is 2.79. The molecule has 1 aromatic carbocycles. The van der Waals surface area contributed by atoms with Crippen LogP contribution in [0.15, 0.2) is 12.1 Å². The highest BCUT2D eigenvalue weighted by molar-refractivity contribution is 5.78. The SMILES string of the molecule is Cc1cc(C)c(OCC(=O)N2CCCC(N(C)CC(=O)O)CC2)c(C)c1. The normalized spacial score (nSPS) is 17.9. The van der Waals surface area contributed by atoms with Gasteiger partial charge in [-0.3, -0.25) is 14.5 Å². The van der Waals surface area contributed by atoms with Gasteiger partial charge in [-0.25, -0.2) is 0 Å². The van der Waals surface area contributed by atoms with Gasteiger partial charge in [-0.15, -0.1) is 0 Å². The summed E-state index contributed by atoms with van der Waals surface area (Å²) in [7, 11) is 1.84. The van der Waals surface area contributed by atoms with Crippen LogP contribution in [0.4, 0.5) is 0 Å². The number of aryl methyl sites for hydroxylation is 3. The molecule has 1 N–H and O–H groups in total. The zero-order valence-corrected chi connectivity index (χ0v) is 16.2. The van der Waals surface area contributed by atoms with E-state index in [1.54, 1.807) is 0 Å². The van der Waals surface area contributed by atoms with Crippen molar-refractivity contribution in [3.05, 3.63) is 28.8 Å². The van der Waals surface area contributed by atoms with E-state index in [4.69, 9.17) is 9.84 Å². The number of nitrogens with zero attached hydrogens (tertiary/aromatic N) is 2. The zero-order chi connectivity index (χ0) is 19.3. The van der Waals surface area contributed by atoms with E-state index in [0.29, 0.717) is 13.1 Å². The van der Waals surface area contributed by atoms with Gasteiger partial charge in [0.1, 0.15) is 5.75 Å². The van der Waals surface area contributed by atoms with Gasteiger partial charge in [-0.1, -0.05) is 17.7 Å². The maximum absolute atomic E-state index is 12.6. The summed E-state index contributed by atoms with van der Waals surface area (Å²) in [4.78, 5) is 27.2. The summed E-state index contributed by atoms with van der Waals surface area (Å²) in [5.41, 5.74) is 3.27. The maximum Gasteiger partial charge on any atom is 0.317 e. The molecule has 0 bridgehead atoms. The summed E-state index contributed by atoms with van der Waals surface area (Å²) in [6, 6.07) is 4.31. The Morgan fingerprint density at radius 2 is 1.85 bits per heavy atom. The molecular formula is C20H30N2O4. The Bertz CT molecular complexity index is 636. The van der Waals surface area contributed by atoms with Crippen LogP contribution in [0.5, 0.6) is 5.75 Å². The molecule has 6 heteroatoms. The minimum atomic E-state index is -0.818. The van der Waals surface area contributed by atoms with Crippen LogP contribution in [0, 0.1) is 20.8 Å². The number of ether oxygens (including phenoxy) is 1. The Balaban J connectivity index is 1.89. The number of benzene rings is 1. The highest BCUT2D eigenvalue weighted by atomic mass is 16.5. The molecule has 144 valence electrons. The van der Waals surface area contributed by atoms with E-state index < -0.39 is 5.97 Å². The van der Waals surface area contributed by atoms with E-state index in [9.17, 15) is 9.59 Å². The van der Waals surface area contributed by atoms with Gasteiger partial charge in [0.2, 0.25) is 0 Å². The lowest BCUT2D eigenvalue weighted by atomic mass is 10.1. The minimum Gasteiger partial charge on any atom is -0.483 e. The van der Waals surface area contributed by atoms with E-state index in [1.165, 1.54) is 5.56 Å². The van der Waals surface area contributed by atoms with E-state index in [0.717, 1.165) is 36.1 Å². The molecule has 6 nitrogen and oxygen atoms in total. The third-order valence-electron chi connectivity index (χ3n) is 5.00. The Hall–Kier alpha value is -2.08. The van der Waals surface area contributed by atoms with Crippen molar-refractivity contribution < 1.29 is 19.4 Å². The molecular weight excluding hydrogens is 332 g/mol. The van der Waals surface area contributed by atoms with Gasteiger partial charge in [-0.05, 0) is 58.2 Å². The van der Waals surface area contributed by atoms with Crippen molar-refractivity contribution >= 4 is 11.9 Å². The third-order valence-corrected chi connectivity index (χ3v) is 5.00. The van der Waals surface area contributed by atoms with E-state index in [-0.39, 0.29) is 25.1 Å². The van der Waals surface area contributed by atoms with Crippen molar-refractivity contribution in [1.82, 2.24) is 9.80 Å². The van der Waals surface area contributed by atoms with Crippen molar-refractivity contribution in [2.75, 3.05) is 33.3 Å². The molecule has 26 heavy (non-hydrogen) atoms. The number of amides is 1. The lowest BCUT2D eigenvalue weighted by molar-refractivity contribution is -0.138. The molecule has 1 aliphatic rings. The van der Waals surface area contributed by atoms with Gasteiger partial charge in [0.25, 0.3) is 5.91 Å². The standard InChI is InChI=1S/C20H30N2O4/c1-14-10-15(2)20(16(3)11-14)26-13-18(23)22-8-5-6-17(7-9-22)21(4)12-19(24)25/h10-11,17H,5-9,12-13H2,1-4H3,(H,24,25). The fourth-order valence-electron chi connectivity index (χ4n) is 3.73. The van der Waals surface area contributed by atoms with Gasteiger partial charge < -0.3 is 14.7 Å². The highest BCUT2D eigenvalue weighted by Crippen LogP contribution is 2.24.